The van der Waals surface area contributed by atoms with Gasteiger partial charge in [-0.05, 0) is 50.1 Å². The summed E-state index contributed by atoms with van der Waals surface area (Å²) >= 11 is 0. The second-order valence-electron chi connectivity index (χ2n) is 10.4. The van der Waals surface area contributed by atoms with Gasteiger partial charge in [-0.3, -0.25) is 19.4 Å². The molecule has 1 saturated heterocycles. The predicted molar refractivity (Wildman–Crippen MR) is 144 cm³/mol. The minimum Gasteiger partial charge on any atom is -0.391 e. The SMILES string of the molecule is Cc1cccc(CC(O)[C@@H]2CC(F)CN2C(=O)Cn2cc(C(N)=O)c3cc(C(=O)NS(=O)(=O)C4CC4)ccc32)n1. The fourth-order valence-corrected chi connectivity index (χ4v) is 6.48. The Labute approximate surface area is 230 Å². The summed E-state index contributed by atoms with van der Waals surface area (Å²) < 4.78 is 42.4. The zero-order valence-electron chi connectivity index (χ0n) is 21.8. The van der Waals surface area contributed by atoms with Crippen LogP contribution in [0.3, 0.4) is 0 Å². The van der Waals surface area contributed by atoms with E-state index < -0.39 is 51.3 Å². The third-order valence-electron chi connectivity index (χ3n) is 7.33. The molecule has 0 spiro atoms. The highest BCUT2D eigenvalue weighted by Gasteiger charge is 2.40. The van der Waals surface area contributed by atoms with Crippen LogP contribution < -0.4 is 10.5 Å². The van der Waals surface area contributed by atoms with E-state index in [1.807, 2.05) is 23.8 Å². The molecule has 11 nitrogen and oxygen atoms in total. The van der Waals surface area contributed by atoms with Gasteiger partial charge in [-0.1, -0.05) is 6.07 Å². The summed E-state index contributed by atoms with van der Waals surface area (Å²) in [6.45, 7) is 1.37. The first-order valence-electron chi connectivity index (χ1n) is 13.0. The Morgan fingerprint density at radius 3 is 2.65 bits per heavy atom. The van der Waals surface area contributed by atoms with Gasteiger partial charge in [0.25, 0.3) is 11.8 Å². The first-order valence-corrected chi connectivity index (χ1v) is 14.5. The third-order valence-corrected chi connectivity index (χ3v) is 9.15. The molecule has 0 radical (unpaired) electrons. The number of carbonyl (C=O) groups excluding carboxylic acids is 3. The fraction of sp³-hybridized carbons (Fsp3) is 0.407. The van der Waals surface area contributed by atoms with Crippen molar-refractivity contribution in [2.45, 2.75) is 62.7 Å². The van der Waals surface area contributed by atoms with E-state index in [2.05, 4.69) is 4.98 Å². The molecular weight excluding hydrogens is 541 g/mol. The molecule has 1 saturated carbocycles. The Morgan fingerprint density at radius 1 is 1.23 bits per heavy atom. The molecule has 2 aromatic heterocycles. The summed E-state index contributed by atoms with van der Waals surface area (Å²) in [5, 5.41) is 10.6. The number of amides is 3. The number of aliphatic hydroxyl groups excluding tert-OH is 1. The van der Waals surface area contributed by atoms with Gasteiger partial charge in [0.2, 0.25) is 15.9 Å². The molecule has 2 aliphatic rings. The Kier molecular flexibility index (Phi) is 7.36. The van der Waals surface area contributed by atoms with Crippen molar-refractivity contribution < 1.29 is 32.3 Å². The molecule has 2 fully saturated rings. The highest BCUT2D eigenvalue weighted by atomic mass is 32.2. The predicted octanol–water partition coefficient (Wildman–Crippen LogP) is 1.21. The quantitative estimate of drug-likeness (QED) is 0.347. The molecule has 3 heterocycles. The number of rotatable bonds is 9. The molecular formula is C27H30FN5O6S. The number of hydrogen-bond acceptors (Lipinski definition) is 7. The van der Waals surface area contributed by atoms with Crippen molar-refractivity contribution in [1.82, 2.24) is 19.2 Å². The summed E-state index contributed by atoms with van der Waals surface area (Å²) in [6.07, 6.45) is 0.163. The number of likely N-dealkylation sites (tertiary alicyclic amines) is 1. The van der Waals surface area contributed by atoms with Crippen LogP contribution in [0.25, 0.3) is 10.9 Å². The number of pyridine rings is 1. The molecule has 40 heavy (non-hydrogen) atoms. The number of alkyl halides is 1. The van der Waals surface area contributed by atoms with Crippen LogP contribution in [0, 0.1) is 6.92 Å². The molecule has 13 heteroatoms. The van der Waals surface area contributed by atoms with Crippen molar-refractivity contribution in [1.29, 1.82) is 0 Å². The second kappa shape index (κ2) is 10.6. The topological polar surface area (TPSA) is 165 Å². The third kappa shape index (κ3) is 5.70. The van der Waals surface area contributed by atoms with E-state index in [-0.39, 0.29) is 42.4 Å². The van der Waals surface area contributed by atoms with E-state index in [9.17, 15) is 32.3 Å². The molecule has 3 aromatic rings. The monoisotopic (exact) mass is 571 g/mol. The van der Waals surface area contributed by atoms with E-state index in [0.717, 1.165) is 5.69 Å². The number of nitrogens with zero attached hydrogens (tertiary/aromatic N) is 3. The number of nitrogens with two attached hydrogens (primary N) is 1. The number of hydrogen-bond donors (Lipinski definition) is 3. The normalized spacial score (nSPS) is 20.0. The van der Waals surface area contributed by atoms with Crippen LogP contribution in [-0.2, 0) is 27.8 Å². The number of sulfonamides is 1. The maximum atomic E-state index is 14.5. The summed E-state index contributed by atoms with van der Waals surface area (Å²) in [5.41, 5.74) is 7.42. The molecule has 3 amide bonds. The maximum Gasteiger partial charge on any atom is 0.264 e. The number of aliphatic hydroxyl groups is 1. The second-order valence-corrected chi connectivity index (χ2v) is 12.4. The minimum absolute atomic E-state index is 0.0102. The first-order chi connectivity index (χ1) is 18.9. The van der Waals surface area contributed by atoms with Gasteiger partial charge in [-0.2, -0.15) is 0 Å². The first kappa shape index (κ1) is 27.7. The average Bonchev–Trinajstić information content (AvgIpc) is 3.60. The van der Waals surface area contributed by atoms with Crippen LogP contribution in [0.2, 0.25) is 0 Å². The molecule has 1 aliphatic heterocycles. The Morgan fingerprint density at radius 2 is 1.98 bits per heavy atom. The fourth-order valence-electron chi connectivity index (χ4n) is 5.18. The molecule has 212 valence electrons. The number of fused-ring (bicyclic) bond motifs is 1. The van der Waals surface area contributed by atoms with Crippen molar-refractivity contribution in [2.75, 3.05) is 6.54 Å². The van der Waals surface area contributed by atoms with Crippen LogP contribution in [0.15, 0.2) is 42.6 Å². The molecule has 1 aliphatic carbocycles. The Hall–Kier alpha value is -3.84. The highest BCUT2D eigenvalue weighted by molar-refractivity contribution is 7.91. The molecule has 4 N–H and O–H groups in total. The Balaban J connectivity index is 1.37. The van der Waals surface area contributed by atoms with Crippen LogP contribution in [-0.4, -0.2) is 75.8 Å². The number of aromatic nitrogens is 2. The lowest BCUT2D eigenvalue weighted by atomic mass is 10.0. The van der Waals surface area contributed by atoms with Crippen molar-refractivity contribution in [2.24, 2.45) is 5.73 Å². The van der Waals surface area contributed by atoms with Gasteiger partial charge in [0.15, 0.2) is 0 Å². The van der Waals surface area contributed by atoms with Gasteiger partial charge < -0.3 is 20.3 Å². The summed E-state index contributed by atoms with van der Waals surface area (Å²) in [7, 11) is -3.78. The smallest absolute Gasteiger partial charge is 0.264 e. The molecule has 2 unspecified atom stereocenters. The van der Waals surface area contributed by atoms with E-state index in [4.69, 9.17) is 5.73 Å². The average molecular weight is 572 g/mol. The van der Waals surface area contributed by atoms with Crippen LogP contribution in [0.5, 0.6) is 0 Å². The lowest BCUT2D eigenvalue weighted by Crippen LogP contribution is -2.45. The number of aryl methyl sites for hydroxylation is 1. The molecule has 3 atom stereocenters. The maximum absolute atomic E-state index is 14.5. The number of nitrogens with one attached hydrogen (secondary N) is 1. The number of halogens is 1. The minimum atomic E-state index is -3.78. The Bertz CT molecular complexity index is 1600. The van der Waals surface area contributed by atoms with E-state index in [0.29, 0.717) is 24.1 Å². The van der Waals surface area contributed by atoms with E-state index in [1.54, 1.807) is 6.07 Å². The van der Waals surface area contributed by atoms with Crippen LogP contribution >= 0.6 is 0 Å². The number of primary amides is 1. The van der Waals surface area contributed by atoms with Gasteiger partial charge >= 0.3 is 0 Å². The van der Waals surface area contributed by atoms with Crippen molar-refractivity contribution in [3.8, 4) is 0 Å². The standard InChI is InChI=1S/C27H30FN5O6S/c1-15-3-2-4-18(30-15)11-24(34)23-10-17(28)12-33(23)25(35)14-32-13-21(26(29)36)20-9-16(5-8-22(20)32)27(37)31-40(38,39)19-6-7-19/h2-5,8-9,13,17,19,23-24,34H,6-7,10-12,14H2,1H3,(H2,29,36)(H,31,37)/t17?,23-,24?/m0/s1. The van der Waals surface area contributed by atoms with Crippen molar-refractivity contribution in [3.63, 3.8) is 0 Å². The number of carbonyl (C=O) groups is 3. The lowest BCUT2D eigenvalue weighted by molar-refractivity contribution is -0.134. The van der Waals surface area contributed by atoms with Gasteiger partial charge in [-0.15, -0.1) is 0 Å². The van der Waals surface area contributed by atoms with Crippen LogP contribution in [0.4, 0.5) is 4.39 Å². The molecule has 5 rings (SSSR count). The lowest BCUT2D eigenvalue weighted by Gasteiger charge is -2.28. The molecule has 0 bridgehead atoms. The summed E-state index contributed by atoms with van der Waals surface area (Å²) in [5.74, 6) is -2.10. The van der Waals surface area contributed by atoms with Crippen LogP contribution in [0.1, 0.15) is 51.4 Å². The van der Waals surface area contributed by atoms with Gasteiger partial charge in [0, 0.05) is 46.9 Å². The van der Waals surface area contributed by atoms with Gasteiger partial charge in [0.1, 0.15) is 12.7 Å². The summed E-state index contributed by atoms with van der Waals surface area (Å²) in [4.78, 5) is 43.9. The summed E-state index contributed by atoms with van der Waals surface area (Å²) in [6, 6.07) is 8.87. The van der Waals surface area contributed by atoms with E-state index >= 15 is 0 Å². The van der Waals surface area contributed by atoms with E-state index in [1.165, 1.54) is 33.9 Å². The molecule has 1 aromatic carbocycles. The highest BCUT2D eigenvalue weighted by Crippen LogP contribution is 2.29. The van der Waals surface area contributed by atoms with Gasteiger partial charge in [-0.25, -0.2) is 17.5 Å². The largest absolute Gasteiger partial charge is 0.391 e. The van der Waals surface area contributed by atoms with Crippen molar-refractivity contribution >= 4 is 38.6 Å². The zero-order chi connectivity index (χ0) is 28.8. The van der Waals surface area contributed by atoms with Crippen molar-refractivity contribution in [3.05, 3.63) is 65.1 Å². The number of benzene rings is 1. The van der Waals surface area contributed by atoms with Gasteiger partial charge in [0.05, 0.1) is 29.5 Å². The zero-order valence-corrected chi connectivity index (χ0v) is 22.6.